The van der Waals surface area contributed by atoms with Crippen molar-refractivity contribution in [1.82, 2.24) is 9.36 Å². The fraction of sp³-hybridized carbons (Fsp3) is 0.0588. The first-order chi connectivity index (χ1) is 10.5. The highest BCUT2D eigenvalue weighted by molar-refractivity contribution is 6.30. The third kappa shape index (κ3) is 2.18. The van der Waals surface area contributed by atoms with Crippen molar-refractivity contribution in [2.24, 2.45) is 7.05 Å². The van der Waals surface area contributed by atoms with Gasteiger partial charge in [0.2, 0.25) is 0 Å². The van der Waals surface area contributed by atoms with Crippen LogP contribution in [0.5, 0.6) is 0 Å². The number of benzene rings is 2. The van der Waals surface area contributed by atoms with Crippen molar-refractivity contribution in [1.29, 1.82) is 0 Å². The minimum Gasteiger partial charge on any atom is -0.267 e. The van der Waals surface area contributed by atoms with Gasteiger partial charge >= 0.3 is 0 Å². The van der Waals surface area contributed by atoms with Crippen LogP contribution in [0, 0.1) is 0 Å². The molecular formula is C17H13ClN2O2. The van der Waals surface area contributed by atoms with Gasteiger partial charge in [0, 0.05) is 12.1 Å². The maximum Gasteiger partial charge on any atom is 0.278 e. The highest BCUT2D eigenvalue weighted by Gasteiger charge is 2.13. The molecule has 0 unspecified atom stereocenters. The van der Waals surface area contributed by atoms with Crippen LogP contribution in [0.3, 0.4) is 0 Å². The molecule has 0 aliphatic carbocycles. The number of fused-ring (bicyclic) bond motifs is 1. The van der Waals surface area contributed by atoms with Crippen LogP contribution in [0.4, 0.5) is 0 Å². The van der Waals surface area contributed by atoms with E-state index in [0.29, 0.717) is 21.5 Å². The standard InChI is InChI=1S/C17H13ClN2O2/c1-11(12-7-9-13(18)10-8-12)20-17(22)15-6-4-3-5-14(15)16(21)19(20)2/h3-10H,1H2,2H3. The first-order valence-corrected chi connectivity index (χ1v) is 7.05. The second-order valence-corrected chi connectivity index (χ2v) is 5.38. The molecule has 5 heteroatoms. The summed E-state index contributed by atoms with van der Waals surface area (Å²) in [4.78, 5) is 25.1. The second kappa shape index (κ2) is 5.31. The molecule has 0 amide bonds. The van der Waals surface area contributed by atoms with Gasteiger partial charge in [0.15, 0.2) is 0 Å². The molecule has 0 spiro atoms. The summed E-state index contributed by atoms with van der Waals surface area (Å²) in [5, 5.41) is 1.37. The Morgan fingerprint density at radius 2 is 1.50 bits per heavy atom. The second-order valence-electron chi connectivity index (χ2n) is 4.94. The van der Waals surface area contributed by atoms with Crippen molar-refractivity contribution >= 4 is 28.1 Å². The van der Waals surface area contributed by atoms with Crippen LogP contribution in [-0.2, 0) is 7.05 Å². The molecule has 0 bridgehead atoms. The van der Waals surface area contributed by atoms with Gasteiger partial charge in [-0.05, 0) is 29.8 Å². The zero-order chi connectivity index (χ0) is 15.9. The van der Waals surface area contributed by atoms with Crippen molar-refractivity contribution in [3.05, 3.63) is 86.4 Å². The highest BCUT2D eigenvalue weighted by atomic mass is 35.5. The van der Waals surface area contributed by atoms with E-state index in [1.165, 1.54) is 9.36 Å². The van der Waals surface area contributed by atoms with E-state index in [4.69, 9.17) is 11.6 Å². The molecular weight excluding hydrogens is 300 g/mol. The molecule has 0 fully saturated rings. The fourth-order valence-electron chi connectivity index (χ4n) is 2.44. The third-order valence-electron chi connectivity index (χ3n) is 3.61. The highest BCUT2D eigenvalue weighted by Crippen LogP contribution is 2.17. The number of nitrogens with zero attached hydrogens (tertiary/aromatic N) is 2. The maximum atomic E-state index is 12.7. The quantitative estimate of drug-likeness (QED) is 0.730. The summed E-state index contributed by atoms with van der Waals surface area (Å²) < 4.78 is 2.56. The fourth-order valence-corrected chi connectivity index (χ4v) is 2.57. The molecule has 0 saturated heterocycles. The summed E-state index contributed by atoms with van der Waals surface area (Å²) in [5.74, 6) is 0. The Kier molecular flexibility index (Phi) is 3.47. The Balaban J connectivity index is 2.32. The molecule has 2 aromatic carbocycles. The van der Waals surface area contributed by atoms with Gasteiger partial charge in [0.25, 0.3) is 11.1 Å². The average Bonchev–Trinajstić information content (AvgIpc) is 2.53. The molecule has 1 aromatic heterocycles. The van der Waals surface area contributed by atoms with Gasteiger partial charge in [-0.15, -0.1) is 0 Å². The topological polar surface area (TPSA) is 44.0 Å². The van der Waals surface area contributed by atoms with Crippen LogP contribution < -0.4 is 11.1 Å². The number of hydrogen-bond donors (Lipinski definition) is 0. The summed E-state index contributed by atoms with van der Waals surface area (Å²) in [6, 6.07) is 13.7. The number of hydrogen-bond acceptors (Lipinski definition) is 2. The van der Waals surface area contributed by atoms with Gasteiger partial charge in [-0.25, -0.2) is 9.36 Å². The summed E-state index contributed by atoms with van der Waals surface area (Å²) in [6.07, 6.45) is 0. The van der Waals surface area contributed by atoms with Crippen molar-refractivity contribution in [2.75, 3.05) is 0 Å². The number of halogens is 1. The summed E-state index contributed by atoms with van der Waals surface area (Å²) in [7, 11) is 1.55. The Bertz CT molecular complexity index is 998. The first-order valence-electron chi connectivity index (χ1n) is 6.67. The van der Waals surface area contributed by atoms with Gasteiger partial charge in [-0.3, -0.25) is 9.59 Å². The number of rotatable bonds is 2. The molecule has 0 saturated carbocycles. The lowest BCUT2D eigenvalue weighted by atomic mass is 10.1. The van der Waals surface area contributed by atoms with Crippen LogP contribution in [0.25, 0.3) is 16.5 Å². The monoisotopic (exact) mass is 312 g/mol. The van der Waals surface area contributed by atoms with Crippen LogP contribution >= 0.6 is 11.6 Å². The van der Waals surface area contributed by atoms with Gasteiger partial charge in [0.1, 0.15) is 0 Å². The van der Waals surface area contributed by atoms with Crippen LogP contribution in [0.15, 0.2) is 64.7 Å². The molecule has 0 atom stereocenters. The van der Waals surface area contributed by atoms with Crippen LogP contribution in [0.2, 0.25) is 5.02 Å². The lowest BCUT2D eigenvalue weighted by Crippen LogP contribution is -2.36. The number of aromatic nitrogens is 2. The molecule has 0 N–H and O–H groups in total. The van der Waals surface area contributed by atoms with E-state index in [1.807, 2.05) is 0 Å². The smallest absolute Gasteiger partial charge is 0.267 e. The van der Waals surface area contributed by atoms with Gasteiger partial charge in [0.05, 0.1) is 16.5 Å². The minimum absolute atomic E-state index is 0.245. The van der Waals surface area contributed by atoms with Crippen LogP contribution in [-0.4, -0.2) is 9.36 Å². The molecule has 0 radical (unpaired) electrons. The van der Waals surface area contributed by atoms with Crippen molar-refractivity contribution in [3.8, 4) is 0 Å². The van der Waals surface area contributed by atoms with Crippen LogP contribution in [0.1, 0.15) is 5.56 Å². The largest absolute Gasteiger partial charge is 0.278 e. The molecule has 1 heterocycles. The van der Waals surface area contributed by atoms with E-state index in [9.17, 15) is 9.59 Å². The van der Waals surface area contributed by atoms with E-state index >= 15 is 0 Å². The molecule has 3 rings (SSSR count). The molecule has 0 aliphatic rings. The van der Waals surface area contributed by atoms with E-state index < -0.39 is 0 Å². The molecule has 0 aliphatic heterocycles. The Morgan fingerprint density at radius 3 is 2.09 bits per heavy atom. The molecule has 4 nitrogen and oxygen atoms in total. The SMILES string of the molecule is C=C(c1ccc(Cl)cc1)n1c(=O)c2ccccc2c(=O)n1C. The van der Waals surface area contributed by atoms with Gasteiger partial charge in [-0.1, -0.05) is 42.4 Å². The molecule has 3 aromatic rings. The lowest BCUT2D eigenvalue weighted by molar-refractivity contribution is 0.616. The van der Waals surface area contributed by atoms with E-state index in [1.54, 1.807) is 55.6 Å². The van der Waals surface area contributed by atoms with E-state index in [2.05, 4.69) is 6.58 Å². The average molecular weight is 313 g/mol. The Hall–Kier alpha value is -2.59. The predicted octanol–water partition coefficient (Wildman–Crippen LogP) is 2.87. The van der Waals surface area contributed by atoms with Crippen molar-refractivity contribution in [2.45, 2.75) is 0 Å². The summed E-state index contributed by atoms with van der Waals surface area (Å²) in [5.41, 5.74) is 0.617. The Labute approximate surface area is 131 Å². The molecule has 110 valence electrons. The van der Waals surface area contributed by atoms with E-state index in [0.717, 1.165) is 5.56 Å². The lowest BCUT2D eigenvalue weighted by Gasteiger charge is -2.15. The predicted molar refractivity (Wildman–Crippen MR) is 89.3 cm³/mol. The van der Waals surface area contributed by atoms with E-state index in [-0.39, 0.29) is 11.1 Å². The van der Waals surface area contributed by atoms with Crippen molar-refractivity contribution < 1.29 is 0 Å². The zero-order valence-electron chi connectivity index (χ0n) is 11.9. The third-order valence-corrected chi connectivity index (χ3v) is 3.86. The summed E-state index contributed by atoms with van der Waals surface area (Å²) >= 11 is 5.87. The molecule has 22 heavy (non-hydrogen) atoms. The first kappa shape index (κ1) is 14.4. The van der Waals surface area contributed by atoms with Gasteiger partial charge in [-0.2, -0.15) is 0 Å². The zero-order valence-corrected chi connectivity index (χ0v) is 12.7. The minimum atomic E-state index is -0.280. The van der Waals surface area contributed by atoms with Gasteiger partial charge < -0.3 is 0 Å². The summed E-state index contributed by atoms with van der Waals surface area (Å²) in [6.45, 7) is 3.95. The Morgan fingerprint density at radius 1 is 0.955 bits per heavy atom. The maximum absolute atomic E-state index is 12.7. The normalized spacial score (nSPS) is 10.8. The van der Waals surface area contributed by atoms with Crippen molar-refractivity contribution in [3.63, 3.8) is 0 Å².